The number of Topliss-reactive ketones (excluding diaryl/α,β-unsaturated/α-hetero) is 2. The first-order chi connectivity index (χ1) is 19.3. The van der Waals surface area contributed by atoms with Gasteiger partial charge in [0, 0.05) is 38.1 Å². The molecule has 0 rings (SSSR count). The molecule has 0 fully saturated rings. The molecule has 1 amide bonds. The van der Waals surface area contributed by atoms with Crippen molar-refractivity contribution >= 4 is 17.5 Å². The normalized spacial score (nSPS) is 13.6. The number of nitrogens with two attached hydrogens (primary N) is 2. The minimum Gasteiger partial charge on any atom is -0.379 e. The Kier molecular flexibility index (Phi) is 26.9. The molecule has 0 saturated heterocycles. The molecule has 0 heterocycles. The predicted molar refractivity (Wildman–Crippen MR) is 166 cm³/mol. The molecule has 0 radical (unpaired) electrons. The predicted octanol–water partition coefficient (Wildman–Crippen LogP) is 5.14. The molecule has 7 N–H and O–H groups in total. The minimum absolute atomic E-state index is 0.00200. The molecule has 0 aliphatic rings. The van der Waals surface area contributed by atoms with E-state index in [0.717, 1.165) is 109 Å². The fourth-order valence-corrected chi connectivity index (χ4v) is 5.09. The number of aliphatic hydroxyl groups excluding tert-OH is 1. The van der Waals surface area contributed by atoms with E-state index in [4.69, 9.17) is 11.5 Å². The SMILES string of the molecule is CC(CCCCN)CC(=O)CCCCCCCNC(=O)C(CCCCN)CC(=O)CCCCCCCNC(C)O. The van der Waals surface area contributed by atoms with Gasteiger partial charge in [-0.2, -0.15) is 0 Å². The highest BCUT2D eigenvalue weighted by Crippen LogP contribution is 2.17. The van der Waals surface area contributed by atoms with Crippen LogP contribution in [0.15, 0.2) is 0 Å². The Labute approximate surface area is 245 Å². The van der Waals surface area contributed by atoms with E-state index in [1.807, 2.05) is 0 Å². The van der Waals surface area contributed by atoms with Gasteiger partial charge in [0.25, 0.3) is 0 Å². The minimum atomic E-state index is -0.461. The second-order valence-electron chi connectivity index (χ2n) is 11.8. The first-order valence-corrected chi connectivity index (χ1v) is 16.4. The molecule has 8 heteroatoms. The van der Waals surface area contributed by atoms with E-state index in [1.165, 1.54) is 0 Å². The number of aliphatic hydroxyl groups is 1. The lowest BCUT2D eigenvalue weighted by atomic mass is 9.93. The van der Waals surface area contributed by atoms with Crippen LogP contribution in [0.25, 0.3) is 0 Å². The second-order valence-corrected chi connectivity index (χ2v) is 11.8. The van der Waals surface area contributed by atoms with E-state index in [9.17, 15) is 19.5 Å². The number of rotatable bonds is 30. The number of amides is 1. The molecule has 8 nitrogen and oxygen atoms in total. The van der Waals surface area contributed by atoms with Crippen LogP contribution in [-0.4, -0.2) is 55.0 Å². The van der Waals surface area contributed by atoms with Gasteiger partial charge in [-0.1, -0.05) is 64.7 Å². The molecule has 0 aliphatic heterocycles. The first-order valence-electron chi connectivity index (χ1n) is 16.4. The van der Waals surface area contributed by atoms with Gasteiger partial charge in [-0.05, 0) is 77.4 Å². The van der Waals surface area contributed by atoms with Gasteiger partial charge in [0.2, 0.25) is 5.91 Å². The van der Waals surface area contributed by atoms with Crippen LogP contribution in [-0.2, 0) is 14.4 Å². The Hall–Kier alpha value is -1.35. The lowest BCUT2D eigenvalue weighted by Crippen LogP contribution is -2.33. The summed E-state index contributed by atoms with van der Waals surface area (Å²) in [6.07, 6.45) is 17.6. The summed E-state index contributed by atoms with van der Waals surface area (Å²) in [5.41, 5.74) is 11.2. The van der Waals surface area contributed by atoms with Crippen LogP contribution in [0, 0.1) is 11.8 Å². The summed E-state index contributed by atoms with van der Waals surface area (Å²) in [6, 6.07) is 0. The van der Waals surface area contributed by atoms with Crippen LogP contribution in [0.3, 0.4) is 0 Å². The van der Waals surface area contributed by atoms with Gasteiger partial charge in [0.1, 0.15) is 17.8 Å². The van der Waals surface area contributed by atoms with Crippen LogP contribution >= 0.6 is 0 Å². The molecule has 0 saturated carbocycles. The fourth-order valence-electron chi connectivity index (χ4n) is 5.09. The maximum atomic E-state index is 12.8. The van der Waals surface area contributed by atoms with Crippen molar-refractivity contribution in [3.8, 4) is 0 Å². The molecule has 3 atom stereocenters. The monoisotopic (exact) mass is 568 g/mol. The summed E-state index contributed by atoms with van der Waals surface area (Å²) >= 11 is 0. The van der Waals surface area contributed by atoms with Crippen molar-refractivity contribution in [2.45, 2.75) is 148 Å². The Morgan fingerprint density at radius 2 is 1.12 bits per heavy atom. The average Bonchev–Trinajstić information content (AvgIpc) is 2.91. The maximum absolute atomic E-state index is 12.8. The van der Waals surface area contributed by atoms with E-state index >= 15 is 0 Å². The summed E-state index contributed by atoms with van der Waals surface area (Å²) in [5.74, 6) is 0.765. The zero-order valence-corrected chi connectivity index (χ0v) is 26.0. The van der Waals surface area contributed by atoms with E-state index < -0.39 is 6.23 Å². The van der Waals surface area contributed by atoms with Gasteiger partial charge < -0.3 is 21.9 Å². The number of nitrogens with one attached hydrogen (secondary N) is 2. The molecule has 3 unspecified atom stereocenters. The molecule has 0 aromatic carbocycles. The quantitative estimate of drug-likeness (QED) is 0.0595. The van der Waals surface area contributed by atoms with Gasteiger partial charge in [0.05, 0.1) is 0 Å². The molecule has 0 aromatic heterocycles. The lowest BCUT2D eigenvalue weighted by molar-refractivity contribution is -0.129. The Bertz CT molecular complexity index is 630. The third-order valence-corrected chi connectivity index (χ3v) is 7.58. The van der Waals surface area contributed by atoms with E-state index in [0.29, 0.717) is 56.9 Å². The van der Waals surface area contributed by atoms with E-state index in [2.05, 4.69) is 17.6 Å². The number of hydrogen-bond acceptors (Lipinski definition) is 7. The number of hydrogen-bond donors (Lipinski definition) is 5. The van der Waals surface area contributed by atoms with Crippen LogP contribution in [0.5, 0.6) is 0 Å². The zero-order valence-electron chi connectivity index (χ0n) is 26.0. The maximum Gasteiger partial charge on any atom is 0.223 e. The summed E-state index contributed by atoms with van der Waals surface area (Å²) in [4.78, 5) is 37.5. The summed E-state index contributed by atoms with van der Waals surface area (Å²) < 4.78 is 0. The number of carbonyl (C=O) groups is 3. The Morgan fingerprint density at radius 1 is 0.625 bits per heavy atom. The van der Waals surface area contributed by atoms with E-state index in [1.54, 1.807) is 6.92 Å². The van der Waals surface area contributed by atoms with Crippen molar-refractivity contribution in [1.82, 2.24) is 10.6 Å². The molecule has 0 spiro atoms. The highest BCUT2D eigenvalue weighted by Gasteiger charge is 2.21. The number of unbranched alkanes of at least 4 members (excludes halogenated alkanes) is 10. The molecule has 0 aromatic rings. The molecular formula is C32H64N4O4. The third kappa shape index (κ3) is 25.6. The van der Waals surface area contributed by atoms with E-state index in [-0.39, 0.29) is 17.6 Å². The largest absolute Gasteiger partial charge is 0.379 e. The number of ketones is 2. The van der Waals surface area contributed by atoms with Crippen LogP contribution in [0.1, 0.15) is 142 Å². The smallest absolute Gasteiger partial charge is 0.223 e. The topological polar surface area (TPSA) is 148 Å². The van der Waals surface area contributed by atoms with Crippen LogP contribution in [0.2, 0.25) is 0 Å². The highest BCUT2D eigenvalue weighted by atomic mass is 16.3. The first kappa shape index (κ1) is 38.6. The fraction of sp³-hybridized carbons (Fsp3) is 0.906. The van der Waals surface area contributed by atoms with Crippen molar-refractivity contribution in [1.29, 1.82) is 0 Å². The summed E-state index contributed by atoms with van der Waals surface area (Å²) in [7, 11) is 0. The summed E-state index contributed by atoms with van der Waals surface area (Å²) in [5, 5.41) is 15.3. The van der Waals surface area contributed by atoms with Crippen molar-refractivity contribution < 1.29 is 19.5 Å². The van der Waals surface area contributed by atoms with Gasteiger partial charge in [-0.3, -0.25) is 19.7 Å². The second kappa shape index (κ2) is 27.8. The molecule has 0 bridgehead atoms. The zero-order chi connectivity index (χ0) is 29.8. The number of carbonyl (C=O) groups excluding carboxylic acids is 3. The molecule has 236 valence electrons. The summed E-state index contributed by atoms with van der Waals surface area (Å²) in [6.45, 7) is 6.67. The van der Waals surface area contributed by atoms with Crippen LogP contribution < -0.4 is 22.1 Å². The standard InChI is InChI=1S/C32H64N4O4/c1-27(17-11-13-21-33)25-30(38)19-9-5-4-8-16-24-36-32(40)29(18-12-14-22-34)26-31(39)20-10-6-3-7-15-23-35-28(2)37/h27-29,35,37H,3-26,33-34H2,1-2H3,(H,36,40). The molecule has 40 heavy (non-hydrogen) atoms. The van der Waals surface area contributed by atoms with Gasteiger partial charge in [-0.15, -0.1) is 0 Å². The van der Waals surface area contributed by atoms with Gasteiger partial charge in [-0.25, -0.2) is 0 Å². The average molecular weight is 569 g/mol. The van der Waals surface area contributed by atoms with Gasteiger partial charge in [0.15, 0.2) is 0 Å². The highest BCUT2D eigenvalue weighted by molar-refractivity contribution is 5.86. The molecular weight excluding hydrogens is 504 g/mol. The third-order valence-electron chi connectivity index (χ3n) is 7.58. The van der Waals surface area contributed by atoms with Crippen LogP contribution in [0.4, 0.5) is 0 Å². The molecule has 0 aliphatic carbocycles. The van der Waals surface area contributed by atoms with Gasteiger partial charge >= 0.3 is 0 Å². The van der Waals surface area contributed by atoms with Crippen molar-refractivity contribution in [3.05, 3.63) is 0 Å². The Morgan fingerprint density at radius 3 is 1.70 bits per heavy atom. The van der Waals surface area contributed by atoms with Crippen molar-refractivity contribution in [3.63, 3.8) is 0 Å². The van der Waals surface area contributed by atoms with Crippen molar-refractivity contribution in [2.75, 3.05) is 26.2 Å². The Balaban J connectivity index is 4.03. The lowest BCUT2D eigenvalue weighted by Gasteiger charge is -2.16. The van der Waals surface area contributed by atoms with Crippen molar-refractivity contribution in [2.24, 2.45) is 23.3 Å².